The van der Waals surface area contributed by atoms with E-state index in [2.05, 4.69) is 4.72 Å². The SMILES string of the molecule is CN(C)CC(C)(C)CNS(N)(=O)=O. The van der Waals surface area contributed by atoms with Gasteiger partial charge in [0.25, 0.3) is 10.2 Å². The molecule has 5 nitrogen and oxygen atoms in total. The summed E-state index contributed by atoms with van der Waals surface area (Å²) in [6, 6.07) is 0. The van der Waals surface area contributed by atoms with E-state index in [1.807, 2.05) is 32.8 Å². The molecule has 0 aromatic heterocycles. The van der Waals surface area contributed by atoms with E-state index < -0.39 is 10.2 Å². The molecule has 0 rings (SSSR count). The molecule has 0 aliphatic rings. The summed E-state index contributed by atoms with van der Waals surface area (Å²) in [5, 5.41) is 4.82. The summed E-state index contributed by atoms with van der Waals surface area (Å²) in [6.45, 7) is 5.11. The van der Waals surface area contributed by atoms with Crippen molar-refractivity contribution in [3.63, 3.8) is 0 Å². The van der Waals surface area contributed by atoms with Crippen molar-refractivity contribution in [3.8, 4) is 0 Å². The highest BCUT2D eigenvalue weighted by atomic mass is 32.2. The molecule has 0 radical (unpaired) electrons. The second-order valence-electron chi connectivity index (χ2n) is 4.27. The molecule has 0 aromatic carbocycles. The van der Waals surface area contributed by atoms with E-state index in [0.29, 0.717) is 6.54 Å². The first-order valence-electron chi connectivity index (χ1n) is 4.04. The zero-order valence-corrected chi connectivity index (χ0v) is 9.48. The first-order chi connectivity index (χ1) is 5.62. The first-order valence-corrected chi connectivity index (χ1v) is 5.59. The van der Waals surface area contributed by atoms with Gasteiger partial charge in [0.15, 0.2) is 0 Å². The van der Waals surface area contributed by atoms with Crippen LogP contribution in [0.1, 0.15) is 13.8 Å². The summed E-state index contributed by atoms with van der Waals surface area (Å²) in [7, 11) is 0.325. The fourth-order valence-corrected chi connectivity index (χ4v) is 1.80. The highest BCUT2D eigenvalue weighted by molar-refractivity contribution is 7.87. The summed E-state index contributed by atoms with van der Waals surface area (Å²) in [6.07, 6.45) is 0. The van der Waals surface area contributed by atoms with Crippen LogP contribution in [0, 0.1) is 5.41 Å². The van der Waals surface area contributed by atoms with E-state index in [1.54, 1.807) is 0 Å². The van der Waals surface area contributed by atoms with Gasteiger partial charge in [-0.3, -0.25) is 0 Å². The molecule has 0 saturated carbocycles. The summed E-state index contributed by atoms with van der Waals surface area (Å²) in [4.78, 5) is 2.00. The van der Waals surface area contributed by atoms with Gasteiger partial charge >= 0.3 is 0 Å². The third kappa shape index (κ3) is 8.17. The van der Waals surface area contributed by atoms with Gasteiger partial charge in [0.2, 0.25) is 0 Å². The van der Waals surface area contributed by atoms with Crippen LogP contribution in [0.4, 0.5) is 0 Å². The highest BCUT2D eigenvalue weighted by Gasteiger charge is 2.20. The van der Waals surface area contributed by atoms with Crippen LogP contribution in [0.5, 0.6) is 0 Å². The first kappa shape index (κ1) is 12.8. The molecule has 0 bridgehead atoms. The van der Waals surface area contributed by atoms with Gasteiger partial charge in [-0.25, -0.2) is 9.86 Å². The molecule has 3 N–H and O–H groups in total. The summed E-state index contributed by atoms with van der Waals surface area (Å²) < 4.78 is 23.5. The number of hydrogen-bond donors (Lipinski definition) is 2. The third-order valence-corrected chi connectivity index (χ3v) is 2.04. The topological polar surface area (TPSA) is 75.4 Å². The zero-order chi connectivity index (χ0) is 10.7. The van der Waals surface area contributed by atoms with Crippen LogP contribution in [-0.2, 0) is 10.2 Å². The Labute approximate surface area is 80.5 Å². The maximum absolute atomic E-state index is 10.6. The van der Waals surface area contributed by atoms with Gasteiger partial charge in [0.1, 0.15) is 0 Å². The van der Waals surface area contributed by atoms with Gasteiger partial charge in [-0.15, -0.1) is 0 Å². The molecule has 0 aliphatic carbocycles. The molecule has 6 heteroatoms. The average Bonchev–Trinajstić information content (AvgIpc) is 1.79. The summed E-state index contributed by atoms with van der Waals surface area (Å²) in [5.74, 6) is 0. The van der Waals surface area contributed by atoms with Gasteiger partial charge < -0.3 is 4.90 Å². The Morgan fingerprint density at radius 2 is 1.85 bits per heavy atom. The maximum atomic E-state index is 10.6. The number of rotatable bonds is 5. The lowest BCUT2D eigenvalue weighted by Crippen LogP contribution is -2.42. The Hall–Kier alpha value is -0.170. The lowest BCUT2D eigenvalue weighted by atomic mass is 9.93. The van der Waals surface area contributed by atoms with Gasteiger partial charge in [0, 0.05) is 13.1 Å². The smallest absolute Gasteiger partial charge is 0.274 e. The molecule has 0 unspecified atom stereocenters. The van der Waals surface area contributed by atoms with E-state index in [1.165, 1.54) is 0 Å². The largest absolute Gasteiger partial charge is 0.309 e. The fraction of sp³-hybridized carbons (Fsp3) is 1.00. The molecule has 0 fully saturated rings. The van der Waals surface area contributed by atoms with Gasteiger partial charge in [-0.05, 0) is 19.5 Å². The summed E-state index contributed by atoms with van der Waals surface area (Å²) >= 11 is 0. The predicted molar refractivity (Wildman–Crippen MR) is 53.4 cm³/mol. The molecule has 0 heterocycles. The second-order valence-corrected chi connectivity index (χ2v) is 5.65. The predicted octanol–water partition coefficient (Wildman–Crippen LogP) is -0.633. The molecule has 0 aliphatic heterocycles. The molecular formula is C7H19N3O2S. The van der Waals surface area contributed by atoms with Crippen molar-refractivity contribution in [3.05, 3.63) is 0 Å². The molecule has 0 amide bonds. The van der Waals surface area contributed by atoms with Crippen molar-refractivity contribution >= 4 is 10.2 Å². The standard InChI is InChI=1S/C7H19N3O2S/c1-7(2,6-10(3)4)5-9-13(8,11)12/h9H,5-6H2,1-4H3,(H2,8,11,12). The average molecular weight is 209 g/mol. The van der Waals surface area contributed by atoms with Crippen molar-refractivity contribution in [1.82, 2.24) is 9.62 Å². The minimum absolute atomic E-state index is 0.115. The second kappa shape index (κ2) is 4.36. The van der Waals surface area contributed by atoms with E-state index in [4.69, 9.17) is 5.14 Å². The third-order valence-electron chi connectivity index (χ3n) is 1.50. The molecule has 13 heavy (non-hydrogen) atoms. The Bertz CT molecular complexity index is 246. The molecular weight excluding hydrogens is 190 g/mol. The van der Waals surface area contributed by atoms with Gasteiger partial charge in [0.05, 0.1) is 0 Å². The van der Waals surface area contributed by atoms with E-state index >= 15 is 0 Å². The van der Waals surface area contributed by atoms with Crippen LogP contribution in [0.15, 0.2) is 0 Å². The minimum atomic E-state index is -3.56. The van der Waals surface area contributed by atoms with Gasteiger partial charge in [-0.1, -0.05) is 13.8 Å². The Kier molecular flexibility index (Phi) is 4.31. The van der Waals surface area contributed by atoms with Crippen molar-refractivity contribution < 1.29 is 8.42 Å². The molecule has 0 atom stereocenters. The lowest BCUT2D eigenvalue weighted by molar-refractivity contribution is 0.242. The van der Waals surface area contributed by atoms with Crippen molar-refractivity contribution in [1.29, 1.82) is 0 Å². The number of nitrogens with zero attached hydrogens (tertiary/aromatic N) is 1. The van der Waals surface area contributed by atoms with Crippen LogP contribution in [0.25, 0.3) is 0 Å². The van der Waals surface area contributed by atoms with Crippen LogP contribution in [-0.4, -0.2) is 40.5 Å². The minimum Gasteiger partial charge on any atom is -0.309 e. The van der Waals surface area contributed by atoms with Gasteiger partial charge in [-0.2, -0.15) is 8.42 Å². The fourth-order valence-electron chi connectivity index (χ4n) is 1.21. The number of nitrogens with two attached hydrogens (primary N) is 1. The normalized spacial score (nSPS) is 13.7. The molecule has 0 aromatic rings. The van der Waals surface area contributed by atoms with E-state index in [0.717, 1.165) is 6.54 Å². The monoisotopic (exact) mass is 209 g/mol. The Balaban J connectivity index is 4.04. The van der Waals surface area contributed by atoms with Crippen molar-refractivity contribution in [2.75, 3.05) is 27.2 Å². The number of nitrogens with one attached hydrogen (secondary N) is 1. The van der Waals surface area contributed by atoms with Crippen molar-refractivity contribution in [2.24, 2.45) is 10.6 Å². The van der Waals surface area contributed by atoms with E-state index in [9.17, 15) is 8.42 Å². The van der Waals surface area contributed by atoms with Crippen molar-refractivity contribution in [2.45, 2.75) is 13.8 Å². The molecule has 80 valence electrons. The maximum Gasteiger partial charge on any atom is 0.274 e. The highest BCUT2D eigenvalue weighted by Crippen LogP contribution is 2.13. The zero-order valence-electron chi connectivity index (χ0n) is 8.66. The summed E-state index contributed by atoms with van der Waals surface area (Å²) in [5.41, 5.74) is -0.115. The van der Waals surface area contributed by atoms with Crippen LogP contribution < -0.4 is 9.86 Å². The number of hydrogen-bond acceptors (Lipinski definition) is 3. The van der Waals surface area contributed by atoms with Crippen LogP contribution in [0.3, 0.4) is 0 Å². The molecule has 0 saturated heterocycles. The Morgan fingerprint density at radius 3 is 2.15 bits per heavy atom. The van der Waals surface area contributed by atoms with E-state index in [-0.39, 0.29) is 5.41 Å². The quantitative estimate of drug-likeness (QED) is 0.633. The Morgan fingerprint density at radius 1 is 1.38 bits per heavy atom. The molecule has 0 spiro atoms. The van der Waals surface area contributed by atoms with Crippen LogP contribution in [0.2, 0.25) is 0 Å². The van der Waals surface area contributed by atoms with Crippen LogP contribution >= 0.6 is 0 Å². The lowest BCUT2D eigenvalue weighted by Gasteiger charge is -2.27.